The highest BCUT2D eigenvalue weighted by Crippen LogP contribution is 2.19. The summed E-state index contributed by atoms with van der Waals surface area (Å²) in [6.45, 7) is 0.274. The van der Waals surface area contributed by atoms with Crippen molar-refractivity contribution in [2.75, 3.05) is 5.32 Å². The third-order valence-corrected chi connectivity index (χ3v) is 5.21. The third-order valence-electron chi connectivity index (χ3n) is 5.21. The average molecular weight is 425 g/mol. The lowest BCUT2D eigenvalue weighted by molar-refractivity contribution is 0.0949. The maximum absolute atomic E-state index is 13.1. The number of amides is 2. The average Bonchev–Trinajstić information content (AvgIpc) is 3.36. The van der Waals surface area contributed by atoms with Crippen LogP contribution >= 0.6 is 0 Å². The zero-order valence-corrected chi connectivity index (χ0v) is 17.6. The molecule has 1 heterocycles. The van der Waals surface area contributed by atoms with Gasteiger partial charge < -0.3 is 15.1 Å². The van der Waals surface area contributed by atoms with Crippen LogP contribution in [0.2, 0.25) is 0 Å². The first-order valence-corrected chi connectivity index (χ1v) is 10.5. The second-order valence-corrected chi connectivity index (χ2v) is 7.40. The van der Waals surface area contributed by atoms with Gasteiger partial charge in [-0.15, -0.1) is 0 Å². The Bertz CT molecular complexity index is 1180. The molecular formula is C27H24N2O3. The second-order valence-electron chi connectivity index (χ2n) is 7.40. The number of carbonyl (C=O) groups is 2. The molecule has 0 unspecified atom stereocenters. The van der Waals surface area contributed by atoms with E-state index in [4.69, 9.17) is 4.42 Å². The zero-order valence-electron chi connectivity index (χ0n) is 17.6. The summed E-state index contributed by atoms with van der Waals surface area (Å²) in [5, 5.41) is 5.74. The van der Waals surface area contributed by atoms with Crippen molar-refractivity contribution in [3.8, 4) is 0 Å². The monoisotopic (exact) mass is 424 g/mol. The largest absolute Gasteiger partial charge is 0.467 e. The van der Waals surface area contributed by atoms with Gasteiger partial charge in [0, 0.05) is 5.56 Å². The Balaban J connectivity index is 1.47. The molecule has 4 rings (SSSR count). The van der Waals surface area contributed by atoms with Crippen molar-refractivity contribution < 1.29 is 14.0 Å². The van der Waals surface area contributed by atoms with Crippen molar-refractivity contribution >= 4 is 17.5 Å². The number of furan rings is 1. The van der Waals surface area contributed by atoms with E-state index in [0.717, 1.165) is 18.4 Å². The van der Waals surface area contributed by atoms with Gasteiger partial charge in [0.2, 0.25) is 0 Å². The van der Waals surface area contributed by atoms with Gasteiger partial charge in [0.25, 0.3) is 11.8 Å². The molecule has 0 saturated carbocycles. The van der Waals surface area contributed by atoms with Gasteiger partial charge in [0.05, 0.1) is 24.1 Å². The van der Waals surface area contributed by atoms with Crippen LogP contribution in [-0.4, -0.2) is 11.8 Å². The first-order valence-electron chi connectivity index (χ1n) is 10.5. The van der Waals surface area contributed by atoms with E-state index in [1.165, 1.54) is 5.56 Å². The quantitative estimate of drug-likeness (QED) is 0.406. The summed E-state index contributed by atoms with van der Waals surface area (Å²) in [4.78, 5) is 25.8. The van der Waals surface area contributed by atoms with Crippen molar-refractivity contribution in [2.45, 2.75) is 19.4 Å². The Kier molecular flexibility index (Phi) is 6.78. The van der Waals surface area contributed by atoms with Gasteiger partial charge in [-0.3, -0.25) is 9.59 Å². The highest BCUT2D eigenvalue weighted by atomic mass is 16.3. The molecule has 2 N–H and O–H groups in total. The molecule has 0 radical (unpaired) electrons. The first kappa shape index (κ1) is 21.1. The van der Waals surface area contributed by atoms with Crippen LogP contribution in [0.4, 0.5) is 5.69 Å². The van der Waals surface area contributed by atoms with Crippen LogP contribution in [0.15, 0.2) is 102 Å². The van der Waals surface area contributed by atoms with E-state index < -0.39 is 0 Å². The number of aryl methyl sites for hydroxylation is 2. The molecule has 0 spiro atoms. The van der Waals surface area contributed by atoms with E-state index in [0.29, 0.717) is 22.6 Å². The number of rotatable bonds is 8. The lowest BCUT2D eigenvalue weighted by Crippen LogP contribution is -2.25. The molecule has 2 amide bonds. The van der Waals surface area contributed by atoms with E-state index in [9.17, 15) is 9.59 Å². The molecule has 1 aromatic heterocycles. The lowest BCUT2D eigenvalue weighted by atomic mass is 9.99. The Hall–Kier alpha value is -4.12. The minimum absolute atomic E-state index is 0.236. The predicted molar refractivity (Wildman–Crippen MR) is 125 cm³/mol. The molecule has 0 saturated heterocycles. The first-order chi connectivity index (χ1) is 15.7. The number of hydrogen-bond donors (Lipinski definition) is 2. The van der Waals surface area contributed by atoms with Crippen molar-refractivity contribution in [1.82, 2.24) is 5.32 Å². The molecule has 3 aromatic carbocycles. The Morgan fingerprint density at radius 3 is 2.19 bits per heavy atom. The molecule has 160 valence electrons. The summed E-state index contributed by atoms with van der Waals surface area (Å²) in [5.41, 5.74) is 3.66. The number of nitrogens with one attached hydrogen (secondary N) is 2. The highest BCUT2D eigenvalue weighted by Gasteiger charge is 2.16. The van der Waals surface area contributed by atoms with Crippen LogP contribution in [0, 0.1) is 0 Å². The van der Waals surface area contributed by atoms with Gasteiger partial charge in [-0.1, -0.05) is 60.7 Å². The number of anilines is 1. The minimum atomic E-state index is -0.283. The Labute approximate surface area is 187 Å². The maximum Gasteiger partial charge on any atom is 0.255 e. The van der Waals surface area contributed by atoms with Gasteiger partial charge in [-0.2, -0.15) is 0 Å². The zero-order chi connectivity index (χ0) is 22.2. The summed E-state index contributed by atoms with van der Waals surface area (Å²) in [7, 11) is 0. The Morgan fingerprint density at radius 2 is 1.41 bits per heavy atom. The second kappa shape index (κ2) is 10.3. The predicted octanol–water partition coefficient (Wildman–Crippen LogP) is 5.25. The number of hydrogen-bond acceptors (Lipinski definition) is 3. The fourth-order valence-corrected chi connectivity index (χ4v) is 3.54. The summed E-state index contributed by atoms with van der Waals surface area (Å²) in [6.07, 6.45) is 3.15. The normalized spacial score (nSPS) is 10.5. The van der Waals surface area contributed by atoms with Gasteiger partial charge in [-0.05, 0) is 54.3 Å². The standard InChI is InChI=1S/C27H24N2O3/c30-26(28-19-22-12-8-18-32-22)24-14-6-7-15-25(24)29-27(31)23-13-5-4-11-21(23)17-16-20-9-2-1-3-10-20/h1-15,18H,16-17,19H2,(H,28,30)(H,29,31). The molecule has 5 nitrogen and oxygen atoms in total. The summed E-state index contributed by atoms with van der Waals surface area (Å²) < 4.78 is 5.26. The smallest absolute Gasteiger partial charge is 0.255 e. The molecule has 0 aliphatic carbocycles. The number of benzene rings is 3. The van der Waals surface area contributed by atoms with E-state index in [-0.39, 0.29) is 18.4 Å². The maximum atomic E-state index is 13.1. The van der Waals surface area contributed by atoms with Crippen molar-refractivity contribution in [1.29, 1.82) is 0 Å². The number of carbonyl (C=O) groups excluding carboxylic acids is 2. The Morgan fingerprint density at radius 1 is 0.688 bits per heavy atom. The fourth-order valence-electron chi connectivity index (χ4n) is 3.54. The van der Waals surface area contributed by atoms with E-state index in [2.05, 4.69) is 22.8 Å². The van der Waals surface area contributed by atoms with Crippen molar-refractivity contribution in [2.24, 2.45) is 0 Å². The van der Waals surface area contributed by atoms with Crippen LogP contribution in [0.25, 0.3) is 0 Å². The third kappa shape index (κ3) is 5.32. The molecule has 0 fully saturated rings. The summed E-state index contributed by atoms with van der Waals surface area (Å²) >= 11 is 0. The van der Waals surface area contributed by atoms with Gasteiger partial charge in [0.1, 0.15) is 5.76 Å². The molecule has 0 aliphatic rings. The van der Waals surface area contributed by atoms with E-state index in [1.54, 1.807) is 42.7 Å². The molecular weight excluding hydrogens is 400 g/mol. The van der Waals surface area contributed by atoms with Gasteiger partial charge >= 0.3 is 0 Å². The van der Waals surface area contributed by atoms with Crippen LogP contribution < -0.4 is 10.6 Å². The minimum Gasteiger partial charge on any atom is -0.467 e. The fraction of sp³-hybridized carbons (Fsp3) is 0.111. The van der Waals surface area contributed by atoms with E-state index >= 15 is 0 Å². The van der Waals surface area contributed by atoms with Crippen LogP contribution in [0.1, 0.15) is 37.6 Å². The van der Waals surface area contributed by atoms with Crippen molar-refractivity contribution in [3.05, 3.63) is 125 Å². The van der Waals surface area contributed by atoms with Crippen LogP contribution in [0.5, 0.6) is 0 Å². The molecule has 0 aliphatic heterocycles. The molecule has 32 heavy (non-hydrogen) atoms. The number of para-hydroxylation sites is 1. The van der Waals surface area contributed by atoms with Gasteiger partial charge in [-0.25, -0.2) is 0 Å². The lowest BCUT2D eigenvalue weighted by Gasteiger charge is -2.13. The topological polar surface area (TPSA) is 71.3 Å². The van der Waals surface area contributed by atoms with Crippen molar-refractivity contribution in [3.63, 3.8) is 0 Å². The molecule has 4 aromatic rings. The molecule has 0 bridgehead atoms. The summed E-state index contributed by atoms with van der Waals surface area (Å²) in [5.74, 6) is 0.141. The molecule has 0 atom stereocenters. The van der Waals surface area contributed by atoms with Crippen LogP contribution in [0.3, 0.4) is 0 Å². The van der Waals surface area contributed by atoms with Gasteiger partial charge in [0.15, 0.2) is 0 Å². The van der Waals surface area contributed by atoms with E-state index in [1.807, 2.05) is 42.5 Å². The van der Waals surface area contributed by atoms with Crippen LogP contribution in [-0.2, 0) is 19.4 Å². The molecule has 5 heteroatoms. The summed E-state index contributed by atoms with van der Waals surface area (Å²) in [6, 6.07) is 28.3. The highest BCUT2D eigenvalue weighted by molar-refractivity contribution is 6.09. The SMILES string of the molecule is O=C(Nc1ccccc1C(=O)NCc1ccco1)c1ccccc1CCc1ccccc1.